The lowest BCUT2D eigenvalue weighted by Crippen LogP contribution is -2.13. The van der Waals surface area contributed by atoms with Gasteiger partial charge in [0.25, 0.3) is 11.6 Å². The Balaban J connectivity index is 2.33. The van der Waals surface area contributed by atoms with Crippen LogP contribution >= 0.6 is 15.9 Å². The number of hydrogen-bond donors (Lipinski definition) is 1. The van der Waals surface area contributed by atoms with Crippen molar-refractivity contribution in [1.29, 1.82) is 0 Å². The van der Waals surface area contributed by atoms with Gasteiger partial charge in [0.05, 0.1) is 29.3 Å². The number of ether oxygens (including phenoxy) is 2. The van der Waals surface area contributed by atoms with Gasteiger partial charge in [-0.2, -0.15) is 0 Å². The van der Waals surface area contributed by atoms with Gasteiger partial charge in [-0.1, -0.05) is 0 Å². The maximum absolute atomic E-state index is 12.4. The van der Waals surface area contributed by atoms with Crippen LogP contribution < -0.4 is 14.8 Å². The van der Waals surface area contributed by atoms with E-state index in [0.717, 1.165) is 0 Å². The molecule has 0 bridgehead atoms. The van der Waals surface area contributed by atoms with Crippen LogP contribution in [0.4, 0.5) is 11.4 Å². The van der Waals surface area contributed by atoms with Crippen LogP contribution in [0.2, 0.25) is 0 Å². The lowest BCUT2D eigenvalue weighted by molar-refractivity contribution is -0.385. The van der Waals surface area contributed by atoms with Crippen LogP contribution in [0.3, 0.4) is 0 Å². The highest BCUT2D eigenvalue weighted by Gasteiger charge is 2.16. The molecular formula is C16H15BrN2O5. The molecule has 2 aromatic carbocycles. The highest BCUT2D eigenvalue weighted by atomic mass is 79.9. The average molecular weight is 395 g/mol. The number of carbonyl (C=O) groups is 1. The maximum atomic E-state index is 12.4. The van der Waals surface area contributed by atoms with Gasteiger partial charge >= 0.3 is 0 Å². The minimum Gasteiger partial charge on any atom is -0.495 e. The Bertz CT molecular complexity index is 807. The Kier molecular flexibility index (Phi) is 5.40. The summed E-state index contributed by atoms with van der Waals surface area (Å²) in [5.74, 6) is 0.580. The smallest absolute Gasteiger partial charge is 0.272 e. The van der Waals surface area contributed by atoms with Crippen LogP contribution in [0, 0.1) is 17.0 Å². The van der Waals surface area contributed by atoms with Crippen molar-refractivity contribution in [2.75, 3.05) is 19.5 Å². The predicted molar refractivity (Wildman–Crippen MR) is 93.0 cm³/mol. The van der Waals surface area contributed by atoms with Crippen LogP contribution in [0.15, 0.2) is 34.8 Å². The minimum atomic E-state index is -0.486. The van der Waals surface area contributed by atoms with E-state index in [2.05, 4.69) is 21.2 Å². The van der Waals surface area contributed by atoms with Gasteiger partial charge < -0.3 is 14.8 Å². The van der Waals surface area contributed by atoms with E-state index in [1.54, 1.807) is 19.1 Å². The van der Waals surface area contributed by atoms with Crippen LogP contribution in [0.1, 0.15) is 15.9 Å². The number of nitro groups is 1. The van der Waals surface area contributed by atoms with Gasteiger partial charge in [-0.3, -0.25) is 14.9 Å². The predicted octanol–water partition coefficient (Wildman–Crippen LogP) is 3.94. The van der Waals surface area contributed by atoms with E-state index in [0.29, 0.717) is 32.8 Å². The first-order valence-corrected chi connectivity index (χ1v) is 7.64. The summed E-state index contributed by atoms with van der Waals surface area (Å²) in [6, 6.07) is 7.48. The summed E-state index contributed by atoms with van der Waals surface area (Å²) in [5, 5.41) is 13.6. The second-order valence-corrected chi connectivity index (χ2v) is 5.75. The van der Waals surface area contributed by atoms with Crippen molar-refractivity contribution in [3.05, 3.63) is 56.0 Å². The van der Waals surface area contributed by atoms with Gasteiger partial charge in [-0.05, 0) is 35.0 Å². The van der Waals surface area contributed by atoms with Gasteiger partial charge in [0.2, 0.25) is 0 Å². The Morgan fingerprint density at radius 1 is 1.17 bits per heavy atom. The molecule has 0 spiro atoms. The number of nitrogens with one attached hydrogen (secondary N) is 1. The zero-order valence-electron chi connectivity index (χ0n) is 13.3. The van der Waals surface area contributed by atoms with Gasteiger partial charge in [0.1, 0.15) is 11.5 Å². The fourth-order valence-corrected chi connectivity index (χ4v) is 2.64. The monoisotopic (exact) mass is 394 g/mol. The van der Waals surface area contributed by atoms with E-state index in [-0.39, 0.29) is 5.69 Å². The number of methoxy groups -OCH3 is 2. The number of hydrogen-bond acceptors (Lipinski definition) is 5. The summed E-state index contributed by atoms with van der Waals surface area (Å²) in [6.07, 6.45) is 0. The molecule has 1 amide bonds. The molecule has 2 rings (SSSR count). The summed E-state index contributed by atoms with van der Waals surface area (Å²) in [5.41, 5.74) is 1.11. The van der Waals surface area contributed by atoms with E-state index < -0.39 is 10.8 Å². The number of benzene rings is 2. The molecule has 126 valence electrons. The Morgan fingerprint density at radius 2 is 1.83 bits per heavy atom. The van der Waals surface area contributed by atoms with E-state index in [1.165, 1.54) is 32.4 Å². The molecule has 0 aliphatic carbocycles. The Labute approximate surface area is 146 Å². The number of nitrogens with zero attached hydrogens (tertiary/aromatic N) is 1. The minimum absolute atomic E-state index is 0.0329. The molecule has 7 nitrogen and oxygen atoms in total. The number of amides is 1. The first-order valence-electron chi connectivity index (χ1n) is 6.85. The SMILES string of the molecule is COc1cc(NC(=O)c2ccc([N+](=O)[O-])c(C)c2)c(OC)cc1Br. The highest BCUT2D eigenvalue weighted by molar-refractivity contribution is 9.10. The third-order valence-corrected chi connectivity index (χ3v) is 4.00. The van der Waals surface area contributed by atoms with Crippen molar-refractivity contribution in [3.63, 3.8) is 0 Å². The molecule has 0 aliphatic rings. The molecule has 0 saturated heterocycles. The van der Waals surface area contributed by atoms with E-state index >= 15 is 0 Å². The largest absolute Gasteiger partial charge is 0.495 e. The number of nitro benzene ring substituents is 1. The molecule has 0 saturated carbocycles. The summed E-state index contributed by atoms with van der Waals surface area (Å²) >= 11 is 3.34. The average Bonchev–Trinajstić information content (AvgIpc) is 2.55. The van der Waals surface area contributed by atoms with Crippen LogP contribution in [0.25, 0.3) is 0 Å². The van der Waals surface area contributed by atoms with Crippen LogP contribution in [-0.2, 0) is 0 Å². The van der Waals surface area contributed by atoms with Crippen LogP contribution in [-0.4, -0.2) is 25.1 Å². The van der Waals surface area contributed by atoms with Crippen molar-refractivity contribution >= 4 is 33.2 Å². The molecule has 0 unspecified atom stereocenters. The summed E-state index contributed by atoms with van der Waals surface area (Å²) in [6.45, 7) is 1.58. The van der Waals surface area contributed by atoms with Gasteiger partial charge in [-0.25, -0.2) is 0 Å². The van der Waals surface area contributed by atoms with Gasteiger partial charge in [0.15, 0.2) is 0 Å². The van der Waals surface area contributed by atoms with Crippen molar-refractivity contribution in [2.24, 2.45) is 0 Å². The number of rotatable bonds is 5. The van der Waals surface area contributed by atoms with E-state index in [9.17, 15) is 14.9 Å². The molecule has 24 heavy (non-hydrogen) atoms. The summed E-state index contributed by atoms with van der Waals surface area (Å²) in [4.78, 5) is 22.8. The lowest BCUT2D eigenvalue weighted by Gasteiger charge is -2.13. The molecule has 0 heterocycles. The first kappa shape index (κ1) is 17.7. The fraction of sp³-hybridized carbons (Fsp3) is 0.188. The van der Waals surface area contributed by atoms with Crippen LogP contribution in [0.5, 0.6) is 11.5 Å². The molecule has 0 atom stereocenters. The summed E-state index contributed by atoms with van der Waals surface area (Å²) < 4.78 is 11.1. The van der Waals surface area contributed by atoms with Crippen molar-refractivity contribution < 1.29 is 19.2 Å². The molecule has 8 heteroatoms. The molecular weight excluding hydrogens is 380 g/mol. The number of halogens is 1. The van der Waals surface area contributed by atoms with Crippen molar-refractivity contribution in [2.45, 2.75) is 6.92 Å². The topological polar surface area (TPSA) is 90.7 Å². The van der Waals surface area contributed by atoms with Crippen molar-refractivity contribution in [1.82, 2.24) is 0 Å². The molecule has 0 radical (unpaired) electrons. The zero-order valence-corrected chi connectivity index (χ0v) is 14.8. The van der Waals surface area contributed by atoms with Gasteiger partial charge in [-0.15, -0.1) is 0 Å². The lowest BCUT2D eigenvalue weighted by atomic mass is 10.1. The third kappa shape index (κ3) is 3.65. The van der Waals surface area contributed by atoms with E-state index in [1.807, 2.05) is 0 Å². The number of carbonyl (C=O) groups excluding carboxylic acids is 1. The van der Waals surface area contributed by atoms with E-state index in [4.69, 9.17) is 9.47 Å². The summed E-state index contributed by atoms with van der Waals surface area (Å²) in [7, 11) is 3.00. The molecule has 2 aromatic rings. The Hall–Kier alpha value is -2.61. The fourth-order valence-electron chi connectivity index (χ4n) is 2.15. The molecule has 0 fully saturated rings. The Morgan fingerprint density at radius 3 is 2.38 bits per heavy atom. The number of anilines is 1. The molecule has 0 aliphatic heterocycles. The number of aryl methyl sites for hydroxylation is 1. The van der Waals surface area contributed by atoms with Gasteiger partial charge in [0, 0.05) is 29.3 Å². The highest BCUT2D eigenvalue weighted by Crippen LogP contribution is 2.36. The normalized spacial score (nSPS) is 10.2. The second kappa shape index (κ2) is 7.31. The second-order valence-electron chi connectivity index (χ2n) is 4.90. The zero-order chi connectivity index (χ0) is 17.9. The standard InChI is InChI=1S/C16H15BrN2O5/c1-9-6-10(4-5-13(9)19(21)22)16(20)18-12-8-14(23-2)11(17)7-15(12)24-3/h4-8H,1-3H3,(H,18,20). The molecule has 1 N–H and O–H groups in total. The maximum Gasteiger partial charge on any atom is 0.272 e. The first-order chi connectivity index (χ1) is 11.4. The molecule has 0 aromatic heterocycles. The third-order valence-electron chi connectivity index (χ3n) is 3.38. The van der Waals surface area contributed by atoms with Crippen molar-refractivity contribution in [3.8, 4) is 11.5 Å². The quantitative estimate of drug-likeness (QED) is 0.612.